The zero-order chi connectivity index (χ0) is 19.8. The van der Waals surface area contributed by atoms with Crippen LogP contribution in [0.15, 0.2) is 23.1 Å². The van der Waals surface area contributed by atoms with E-state index < -0.39 is 24.5 Å². The van der Waals surface area contributed by atoms with E-state index in [1.807, 2.05) is 6.26 Å². The fourth-order valence-corrected chi connectivity index (χ4v) is 3.50. The van der Waals surface area contributed by atoms with Crippen LogP contribution in [-0.2, 0) is 9.53 Å². The van der Waals surface area contributed by atoms with Gasteiger partial charge in [0.15, 0.2) is 6.61 Å². The SMILES string of the molecule is COc1cc(SC)ccc1C(=O)OCC(=O)NC(=O)N[C@@H]1CCCC[C@@H]1C. The van der Waals surface area contributed by atoms with Crippen molar-refractivity contribution in [2.45, 2.75) is 43.5 Å². The van der Waals surface area contributed by atoms with Gasteiger partial charge in [0, 0.05) is 10.9 Å². The third kappa shape index (κ3) is 6.16. The van der Waals surface area contributed by atoms with Crippen molar-refractivity contribution >= 4 is 29.7 Å². The van der Waals surface area contributed by atoms with Crippen LogP contribution in [0.25, 0.3) is 0 Å². The third-order valence-electron chi connectivity index (χ3n) is 4.64. The fourth-order valence-electron chi connectivity index (χ4n) is 3.07. The molecule has 2 atom stereocenters. The highest BCUT2D eigenvalue weighted by molar-refractivity contribution is 7.98. The minimum atomic E-state index is -0.684. The second-order valence-corrected chi connectivity index (χ2v) is 7.41. The van der Waals surface area contributed by atoms with Crippen LogP contribution >= 0.6 is 11.8 Å². The lowest BCUT2D eigenvalue weighted by Gasteiger charge is -2.29. The van der Waals surface area contributed by atoms with Gasteiger partial charge in [-0.1, -0.05) is 19.8 Å². The number of carbonyl (C=O) groups is 3. The lowest BCUT2D eigenvalue weighted by molar-refractivity contribution is -0.123. The van der Waals surface area contributed by atoms with Gasteiger partial charge in [0.1, 0.15) is 11.3 Å². The number of thioether (sulfide) groups is 1. The number of urea groups is 1. The molecular formula is C19H26N2O5S. The van der Waals surface area contributed by atoms with Crippen LogP contribution < -0.4 is 15.4 Å². The maximum atomic E-state index is 12.2. The lowest BCUT2D eigenvalue weighted by Crippen LogP contribution is -2.48. The monoisotopic (exact) mass is 394 g/mol. The van der Waals surface area contributed by atoms with Crippen LogP contribution in [-0.4, -0.2) is 43.9 Å². The van der Waals surface area contributed by atoms with Gasteiger partial charge in [-0.15, -0.1) is 11.8 Å². The summed E-state index contributed by atoms with van der Waals surface area (Å²) in [6, 6.07) is 4.58. The number of esters is 1. The molecule has 1 aliphatic rings. The highest BCUT2D eigenvalue weighted by Crippen LogP contribution is 2.26. The molecule has 0 aromatic heterocycles. The maximum Gasteiger partial charge on any atom is 0.342 e. The van der Waals surface area contributed by atoms with E-state index in [2.05, 4.69) is 17.6 Å². The molecule has 0 saturated heterocycles. The summed E-state index contributed by atoms with van der Waals surface area (Å²) in [4.78, 5) is 37.0. The first-order chi connectivity index (χ1) is 12.9. The number of hydrogen-bond donors (Lipinski definition) is 2. The third-order valence-corrected chi connectivity index (χ3v) is 5.37. The molecule has 1 aromatic rings. The molecule has 1 fully saturated rings. The second-order valence-electron chi connectivity index (χ2n) is 6.53. The topological polar surface area (TPSA) is 93.7 Å². The van der Waals surface area contributed by atoms with Crippen molar-refractivity contribution in [3.05, 3.63) is 23.8 Å². The van der Waals surface area contributed by atoms with Gasteiger partial charge in [0.25, 0.3) is 5.91 Å². The molecule has 0 aliphatic heterocycles. The van der Waals surface area contributed by atoms with Crippen LogP contribution in [0.4, 0.5) is 4.79 Å². The summed E-state index contributed by atoms with van der Waals surface area (Å²) in [6.07, 6.45) is 6.11. The minimum Gasteiger partial charge on any atom is -0.496 e. The van der Waals surface area contributed by atoms with Gasteiger partial charge in [-0.3, -0.25) is 10.1 Å². The molecule has 0 radical (unpaired) electrons. The van der Waals surface area contributed by atoms with Crippen LogP contribution in [0.5, 0.6) is 5.75 Å². The molecule has 7 nitrogen and oxygen atoms in total. The Bertz CT molecular complexity index is 695. The number of benzene rings is 1. The Balaban J connectivity index is 1.82. The van der Waals surface area contributed by atoms with E-state index in [4.69, 9.17) is 9.47 Å². The summed E-state index contributed by atoms with van der Waals surface area (Å²) < 4.78 is 10.2. The lowest BCUT2D eigenvalue weighted by atomic mass is 9.86. The molecule has 27 heavy (non-hydrogen) atoms. The highest BCUT2D eigenvalue weighted by Gasteiger charge is 2.23. The van der Waals surface area contributed by atoms with Gasteiger partial charge < -0.3 is 14.8 Å². The number of nitrogens with one attached hydrogen (secondary N) is 2. The van der Waals surface area contributed by atoms with Crippen molar-refractivity contribution in [3.8, 4) is 5.75 Å². The van der Waals surface area contributed by atoms with Gasteiger partial charge in [0.05, 0.1) is 7.11 Å². The number of hydrogen-bond acceptors (Lipinski definition) is 6. The zero-order valence-electron chi connectivity index (χ0n) is 15.9. The molecule has 0 heterocycles. The number of amides is 3. The Morgan fingerprint density at radius 2 is 1.96 bits per heavy atom. The van der Waals surface area contributed by atoms with Crippen LogP contribution in [0, 0.1) is 5.92 Å². The van der Waals surface area contributed by atoms with E-state index >= 15 is 0 Å². The van der Waals surface area contributed by atoms with E-state index in [0.29, 0.717) is 11.7 Å². The highest BCUT2D eigenvalue weighted by atomic mass is 32.2. The first kappa shape index (κ1) is 21.1. The van der Waals surface area contributed by atoms with Crippen LogP contribution in [0.3, 0.4) is 0 Å². The summed E-state index contributed by atoms with van der Waals surface area (Å²) in [5.74, 6) is -0.606. The Kier molecular flexibility index (Phi) is 7.97. The molecule has 1 aliphatic carbocycles. The average molecular weight is 394 g/mol. The summed E-state index contributed by atoms with van der Waals surface area (Å²) in [7, 11) is 1.46. The minimum absolute atomic E-state index is 0.0633. The molecule has 8 heteroatoms. The quantitative estimate of drug-likeness (QED) is 0.569. The van der Waals surface area contributed by atoms with Gasteiger partial charge in [-0.2, -0.15) is 0 Å². The van der Waals surface area contributed by atoms with Crippen molar-refractivity contribution in [1.29, 1.82) is 0 Å². The number of ether oxygens (including phenoxy) is 2. The summed E-state index contributed by atoms with van der Waals surface area (Å²) in [5, 5.41) is 5.02. The number of imide groups is 1. The van der Waals surface area contributed by atoms with E-state index in [1.54, 1.807) is 18.2 Å². The Morgan fingerprint density at radius 3 is 2.63 bits per heavy atom. The standard InChI is InChI=1S/C19H26N2O5S/c1-12-6-4-5-7-15(12)20-19(24)21-17(22)11-26-18(23)14-9-8-13(27-3)10-16(14)25-2/h8-10,12,15H,4-7,11H2,1-3H3,(H2,20,21,22,24)/t12-,15+/m0/s1. The summed E-state index contributed by atoms with van der Waals surface area (Å²) in [5.41, 5.74) is 0.226. The van der Waals surface area contributed by atoms with E-state index in [1.165, 1.54) is 18.9 Å². The van der Waals surface area contributed by atoms with Gasteiger partial charge >= 0.3 is 12.0 Å². The van der Waals surface area contributed by atoms with Crippen molar-refractivity contribution in [3.63, 3.8) is 0 Å². The first-order valence-electron chi connectivity index (χ1n) is 8.94. The van der Waals surface area contributed by atoms with Crippen molar-refractivity contribution in [2.24, 2.45) is 5.92 Å². The molecule has 0 unspecified atom stereocenters. The van der Waals surface area contributed by atoms with Gasteiger partial charge in [-0.25, -0.2) is 9.59 Å². The van der Waals surface area contributed by atoms with E-state index in [-0.39, 0.29) is 11.6 Å². The smallest absolute Gasteiger partial charge is 0.342 e. The van der Waals surface area contributed by atoms with Crippen molar-refractivity contribution in [2.75, 3.05) is 20.0 Å². The zero-order valence-corrected chi connectivity index (χ0v) is 16.7. The molecular weight excluding hydrogens is 368 g/mol. The average Bonchev–Trinajstić information content (AvgIpc) is 2.67. The first-order valence-corrected chi connectivity index (χ1v) is 10.2. The second kappa shape index (κ2) is 10.2. The molecule has 148 valence electrons. The Labute approximate surface area is 163 Å². The molecule has 0 spiro atoms. The van der Waals surface area contributed by atoms with Gasteiger partial charge in [0.2, 0.25) is 0 Å². The molecule has 1 aromatic carbocycles. The normalized spacial score (nSPS) is 19.1. The maximum absolute atomic E-state index is 12.2. The van der Waals surface area contributed by atoms with Gasteiger partial charge in [-0.05, 0) is 43.2 Å². The van der Waals surface area contributed by atoms with E-state index in [0.717, 1.165) is 30.6 Å². The summed E-state index contributed by atoms with van der Waals surface area (Å²) >= 11 is 1.52. The van der Waals surface area contributed by atoms with Crippen LogP contribution in [0.1, 0.15) is 43.0 Å². The van der Waals surface area contributed by atoms with Crippen molar-refractivity contribution < 1.29 is 23.9 Å². The van der Waals surface area contributed by atoms with E-state index in [9.17, 15) is 14.4 Å². The largest absolute Gasteiger partial charge is 0.496 e. The fraction of sp³-hybridized carbons (Fsp3) is 0.526. The number of rotatable bonds is 6. The Hall–Kier alpha value is -2.22. The molecule has 2 N–H and O–H groups in total. The predicted octanol–water partition coefficient (Wildman–Crippen LogP) is 2.98. The Morgan fingerprint density at radius 1 is 1.22 bits per heavy atom. The molecule has 3 amide bonds. The molecule has 1 saturated carbocycles. The predicted molar refractivity (Wildman–Crippen MR) is 103 cm³/mol. The van der Waals surface area contributed by atoms with Crippen LogP contribution in [0.2, 0.25) is 0 Å². The van der Waals surface area contributed by atoms with Crippen molar-refractivity contribution in [1.82, 2.24) is 10.6 Å². The molecule has 2 rings (SSSR count). The number of carbonyl (C=O) groups excluding carboxylic acids is 3. The number of methoxy groups -OCH3 is 1. The molecule has 0 bridgehead atoms. The summed E-state index contributed by atoms with van der Waals surface area (Å²) in [6.45, 7) is 1.54.